The minimum atomic E-state index is -0.331. The monoisotopic (exact) mass is 427 g/mol. The Bertz CT molecular complexity index is 991. The molecule has 0 aliphatic rings. The summed E-state index contributed by atoms with van der Waals surface area (Å²) in [6.07, 6.45) is 3.06. The molecule has 3 aromatic rings. The highest BCUT2D eigenvalue weighted by Gasteiger charge is 2.16. The van der Waals surface area contributed by atoms with Gasteiger partial charge in [0.2, 0.25) is 5.75 Å². The first-order valence-corrected chi connectivity index (χ1v) is 10.2. The van der Waals surface area contributed by atoms with Crippen LogP contribution in [0.5, 0.6) is 17.2 Å². The third-order valence-electron chi connectivity index (χ3n) is 4.36. The third-order valence-corrected chi connectivity index (χ3v) is 4.36. The van der Waals surface area contributed by atoms with E-state index in [-0.39, 0.29) is 18.3 Å². The molecule has 0 atom stereocenters. The number of amides is 1. The number of aromatic nitrogens is 2. The molecule has 1 N–H and O–H groups in total. The smallest absolute Gasteiger partial charge is 0.254 e. The van der Waals surface area contributed by atoms with Gasteiger partial charge in [0.05, 0.1) is 37.3 Å². The molecule has 0 unspecified atom stereocenters. The number of hydrogen-bond donors (Lipinski definition) is 1. The highest BCUT2D eigenvalue weighted by atomic mass is 19.1. The quantitative estimate of drug-likeness (QED) is 0.526. The maximum absolute atomic E-state index is 13.1. The Balaban J connectivity index is 1.74. The van der Waals surface area contributed by atoms with Crippen molar-refractivity contribution in [2.75, 3.05) is 19.8 Å². The molecule has 1 amide bonds. The van der Waals surface area contributed by atoms with E-state index in [2.05, 4.69) is 10.4 Å². The van der Waals surface area contributed by atoms with Crippen LogP contribution in [0.2, 0.25) is 0 Å². The maximum atomic E-state index is 13.1. The summed E-state index contributed by atoms with van der Waals surface area (Å²) in [6.45, 7) is 7.38. The number of halogens is 1. The molecular weight excluding hydrogens is 401 g/mol. The van der Waals surface area contributed by atoms with Gasteiger partial charge in [-0.2, -0.15) is 5.10 Å². The van der Waals surface area contributed by atoms with Crippen LogP contribution in [0.4, 0.5) is 4.39 Å². The van der Waals surface area contributed by atoms with Gasteiger partial charge in [0.1, 0.15) is 5.82 Å². The minimum absolute atomic E-state index is 0.271. The van der Waals surface area contributed by atoms with Gasteiger partial charge in [-0.15, -0.1) is 0 Å². The fourth-order valence-electron chi connectivity index (χ4n) is 3.00. The molecule has 1 aromatic heterocycles. The van der Waals surface area contributed by atoms with Crippen molar-refractivity contribution in [1.29, 1.82) is 0 Å². The van der Waals surface area contributed by atoms with Crippen LogP contribution >= 0.6 is 0 Å². The van der Waals surface area contributed by atoms with Crippen LogP contribution in [-0.2, 0) is 6.54 Å². The molecular formula is C23H26FN3O4. The summed E-state index contributed by atoms with van der Waals surface area (Å²) in [7, 11) is 0. The molecule has 0 aliphatic heterocycles. The Kier molecular flexibility index (Phi) is 7.48. The predicted molar refractivity (Wildman–Crippen MR) is 115 cm³/mol. The maximum Gasteiger partial charge on any atom is 0.254 e. The van der Waals surface area contributed by atoms with Crippen molar-refractivity contribution in [1.82, 2.24) is 15.1 Å². The number of benzene rings is 2. The lowest BCUT2D eigenvalue weighted by Crippen LogP contribution is -2.22. The van der Waals surface area contributed by atoms with Gasteiger partial charge in [-0.25, -0.2) is 9.07 Å². The molecule has 0 fully saturated rings. The first-order chi connectivity index (χ1) is 15.0. The number of carbonyl (C=O) groups excluding carboxylic acids is 1. The molecule has 0 spiro atoms. The van der Waals surface area contributed by atoms with Gasteiger partial charge >= 0.3 is 0 Å². The largest absolute Gasteiger partial charge is 0.490 e. The summed E-state index contributed by atoms with van der Waals surface area (Å²) < 4.78 is 31.7. The Morgan fingerprint density at radius 1 is 1.00 bits per heavy atom. The van der Waals surface area contributed by atoms with E-state index in [0.29, 0.717) is 48.3 Å². The molecule has 0 saturated heterocycles. The second kappa shape index (κ2) is 10.5. The van der Waals surface area contributed by atoms with E-state index in [4.69, 9.17) is 14.2 Å². The molecule has 0 bridgehead atoms. The van der Waals surface area contributed by atoms with Gasteiger partial charge < -0.3 is 19.5 Å². The number of carbonyl (C=O) groups is 1. The summed E-state index contributed by atoms with van der Waals surface area (Å²) in [5.74, 6) is 1.09. The van der Waals surface area contributed by atoms with Crippen molar-refractivity contribution in [3.63, 3.8) is 0 Å². The topological polar surface area (TPSA) is 74.6 Å². The van der Waals surface area contributed by atoms with Crippen LogP contribution in [0.15, 0.2) is 48.8 Å². The lowest BCUT2D eigenvalue weighted by molar-refractivity contribution is 0.0950. The standard InChI is InChI=1S/C23H26FN3O4/c1-4-29-20-11-16(12-21(30-5-2)22(20)31-6-3)13-25-23(28)17-14-26-27(15-17)19-9-7-18(24)8-10-19/h7-12,14-15H,4-6,13H2,1-3H3,(H,25,28). The summed E-state index contributed by atoms with van der Waals surface area (Å²) in [4.78, 5) is 12.6. The van der Waals surface area contributed by atoms with E-state index in [1.165, 1.54) is 23.0 Å². The van der Waals surface area contributed by atoms with Crippen LogP contribution < -0.4 is 19.5 Å². The Morgan fingerprint density at radius 2 is 1.61 bits per heavy atom. The van der Waals surface area contributed by atoms with E-state index >= 15 is 0 Å². The van der Waals surface area contributed by atoms with Crippen LogP contribution in [0.25, 0.3) is 5.69 Å². The van der Waals surface area contributed by atoms with Crippen molar-refractivity contribution in [2.24, 2.45) is 0 Å². The second-order valence-electron chi connectivity index (χ2n) is 6.55. The zero-order valence-corrected chi connectivity index (χ0v) is 17.9. The molecule has 3 rings (SSSR count). The van der Waals surface area contributed by atoms with E-state index < -0.39 is 0 Å². The average molecular weight is 427 g/mol. The van der Waals surface area contributed by atoms with Crippen LogP contribution in [0, 0.1) is 5.82 Å². The number of ether oxygens (including phenoxy) is 3. The van der Waals surface area contributed by atoms with Crippen LogP contribution in [-0.4, -0.2) is 35.5 Å². The second-order valence-corrected chi connectivity index (χ2v) is 6.55. The zero-order valence-electron chi connectivity index (χ0n) is 17.9. The fourth-order valence-corrected chi connectivity index (χ4v) is 3.00. The van der Waals surface area contributed by atoms with Crippen molar-refractivity contribution in [3.8, 4) is 22.9 Å². The lowest BCUT2D eigenvalue weighted by Gasteiger charge is -2.17. The Hall–Kier alpha value is -3.55. The summed E-state index contributed by atoms with van der Waals surface area (Å²) in [5, 5.41) is 7.05. The van der Waals surface area contributed by atoms with Crippen molar-refractivity contribution >= 4 is 5.91 Å². The molecule has 7 nitrogen and oxygen atoms in total. The lowest BCUT2D eigenvalue weighted by atomic mass is 10.1. The Morgan fingerprint density at radius 3 is 2.19 bits per heavy atom. The zero-order chi connectivity index (χ0) is 22.2. The molecule has 0 radical (unpaired) electrons. The van der Waals surface area contributed by atoms with Gasteiger partial charge in [-0.1, -0.05) is 0 Å². The predicted octanol–water partition coefficient (Wildman–Crippen LogP) is 4.14. The van der Waals surface area contributed by atoms with Crippen LogP contribution in [0.1, 0.15) is 36.7 Å². The van der Waals surface area contributed by atoms with E-state index in [1.807, 2.05) is 32.9 Å². The molecule has 31 heavy (non-hydrogen) atoms. The van der Waals surface area contributed by atoms with Gasteiger partial charge in [-0.3, -0.25) is 4.79 Å². The van der Waals surface area contributed by atoms with Crippen molar-refractivity contribution in [2.45, 2.75) is 27.3 Å². The third kappa shape index (κ3) is 5.53. The van der Waals surface area contributed by atoms with Gasteiger partial charge in [-0.05, 0) is 62.7 Å². The van der Waals surface area contributed by atoms with Crippen molar-refractivity contribution in [3.05, 3.63) is 65.7 Å². The first kappa shape index (κ1) is 22.1. The normalized spacial score (nSPS) is 10.6. The SMILES string of the molecule is CCOc1cc(CNC(=O)c2cnn(-c3ccc(F)cc3)c2)cc(OCC)c1OCC. The van der Waals surface area contributed by atoms with Gasteiger partial charge in [0.25, 0.3) is 5.91 Å². The Labute approximate surface area is 180 Å². The van der Waals surface area contributed by atoms with E-state index in [1.54, 1.807) is 18.3 Å². The summed E-state index contributed by atoms with van der Waals surface area (Å²) in [6, 6.07) is 9.53. The van der Waals surface area contributed by atoms with Crippen molar-refractivity contribution < 1.29 is 23.4 Å². The molecule has 0 saturated carbocycles. The van der Waals surface area contributed by atoms with Gasteiger partial charge in [0.15, 0.2) is 11.5 Å². The molecule has 8 heteroatoms. The van der Waals surface area contributed by atoms with E-state index in [9.17, 15) is 9.18 Å². The molecule has 164 valence electrons. The number of nitrogens with zero attached hydrogens (tertiary/aromatic N) is 2. The molecule has 1 heterocycles. The van der Waals surface area contributed by atoms with Crippen LogP contribution in [0.3, 0.4) is 0 Å². The number of hydrogen-bond acceptors (Lipinski definition) is 5. The highest BCUT2D eigenvalue weighted by Crippen LogP contribution is 2.39. The fraction of sp³-hybridized carbons (Fsp3) is 0.304. The minimum Gasteiger partial charge on any atom is -0.490 e. The molecule has 0 aliphatic carbocycles. The number of nitrogens with one attached hydrogen (secondary N) is 1. The summed E-state index contributed by atoms with van der Waals surface area (Å²) >= 11 is 0. The van der Waals surface area contributed by atoms with E-state index in [0.717, 1.165) is 5.56 Å². The average Bonchev–Trinajstić information content (AvgIpc) is 3.25. The summed E-state index contributed by atoms with van der Waals surface area (Å²) in [5.41, 5.74) is 1.87. The molecule has 2 aromatic carbocycles. The van der Waals surface area contributed by atoms with Gasteiger partial charge in [0, 0.05) is 12.7 Å². The first-order valence-electron chi connectivity index (χ1n) is 10.2. The highest BCUT2D eigenvalue weighted by molar-refractivity contribution is 5.93. The number of rotatable bonds is 10.